The Morgan fingerprint density at radius 3 is 2.63 bits per heavy atom. The van der Waals surface area contributed by atoms with E-state index in [9.17, 15) is 4.79 Å². The van der Waals surface area contributed by atoms with Crippen LogP contribution in [0.2, 0.25) is 0 Å². The zero-order valence-corrected chi connectivity index (χ0v) is 16.5. The molecule has 0 bridgehead atoms. The van der Waals surface area contributed by atoms with Gasteiger partial charge >= 0.3 is 0 Å². The SMILES string of the molecule is CCCCCCCC1=NN2C(=N)/C(=C/c3ccc(OC)cc3)C(=O)N=C2S1. The fraction of sp³-hybridized carbons (Fsp3) is 0.400. The van der Waals surface area contributed by atoms with E-state index >= 15 is 0 Å². The normalized spacial score (nSPS) is 17.9. The molecule has 0 unspecified atom stereocenters. The summed E-state index contributed by atoms with van der Waals surface area (Å²) in [7, 11) is 1.61. The van der Waals surface area contributed by atoms with Gasteiger partial charge in [0, 0.05) is 0 Å². The zero-order valence-electron chi connectivity index (χ0n) is 15.7. The highest BCUT2D eigenvalue weighted by Gasteiger charge is 2.35. The monoisotopic (exact) mass is 384 g/mol. The number of rotatable bonds is 8. The number of amidine groups is 2. The molecule has 0 aromatic heterocycles. The van der Waals surface area contributed by atoms with Crippen molar-refractivity contribution in [2.24, 2.45) is 10.1 Å². The number of ether oxygens (including phenoxy) is 1. The number of carbonyl (C=O) groups is 1. The van der Waals surface area contributed by atoms with Gasteiger partial charge < -0.3 is 4.74 Å². The highest BCUT2D eigenvalue weighted by Crippen LogP contribution is 2.30. The Kier molecular flexibility index (Phi) is 6.45. The van der Waals surface area contributed by atoms with Crippen molar-refractivity contribution >= 4 is 39.8 Å². The van der Waals surface area contributed by atoms with E-state index in [1.54, 1.807) is 13.2 Å². The van der Waals surface area contributed by atoms with Crippen molar-refractivity contribution in [2.45, 2.75) is 45.4 Å². The van der Waals surface area contributed by atoms with Crippen molar-refractivity contribution in [1.82, 2.24) is 5.01 Å². The van der Waals surface area contributed by atoms with Crippen LogP contribution in [-0.4, -0.2) is 34.1 Å². The maximum absolute atomic E-state index is 12.4. The van der Waals surface area contributed by atoms with Crippen LogP contribution < -0.4 is 4.74 Å². The Morgan fingerprint density at radius 2 is 1.93 bits per heavy atom. The van der Waals surface area contributed by atoms with Crippen molar-refractivity contribution in [2.75, 3.05) is 7.11 Å². The van der Waals surface area contributed by atoms with Crippen molar-refractivity contribution in [1.29, 1.82) is 5.41 Å². The number of carbonyl (C=O) groups excluding carboxylic acids is 1. The fourth-order valence-corrected chi connectivity index (χ4v) is 3.81. The molecule has 7 heteroatoms. The molecule has 0 spiro atoms. The maximum Gasteiger partial charge on any atom is 0.283 e. The lowest BCUT2D eigenvalue weighted by Crippen LogP contribution is -2.35. The number of nitrogens with one attached hydrogen (secondary N) is 1. The molecule has 6 nitrogen and oxygen atoms in total. The van der Waals surface area contributed by atoms with Crippen LogP contribution in [0.3, 0.4) is 0 Å². The first-order valence-corrected chi connectivity index (χ1v) is 10.1. The van der Waals surface area contributed by atoms with E-state index in [0.29, 0.717) is 5.17 Å². The van der Waals surface area contributed by atoms with Crippen LogP contribution in [0, 0.1) is 5.41 Å². The molecule has 1 amide bonds. The van der Waals surface area contributed by atoms with E-state index in [-0.39, 0.29) is 11.4 Å². The lowest BCUT2D eigenvalue weighted by molar-refractivity contribution is -0.114. The van der Waals surface area contributed by atoms with Gasteiger partial charge in [-0.25, -0.2) is 0 Å². The molecular weight excluding hydrogens is 360 g/mol. The number of thioether (sulfide) groups is 1. The second-order valence-corrected chi connectivity index (χ2v) is 7.49. The summed E-state index contributed by atoms with van der Waals surface area (Å²) in [5.41, 5.74) is 1.06. The van der Waals surface area contributed by atoms with Gasteiger partial charge in [-0.05, 0) is 48.4 Å². The molecule has 0 saturated heterocycles. The standard InChI is InChI=1S/C20H24N4O2S/c1-3-4-5-6-7-8-17-23-24-18(21)16(19(25)22-20(24)27-17)13-14-9-11-15(26-2)12-10-14/h9-13,21H,3-8H2,1-2H3/b16-13-,21-18?. The average Bonchev–Trinajstić information content (AvgIpc) is 3.08. The maximum atomic E-state index is 12.4. The van der Waals surface area contributed by atoms with Crippen LogP contribution in [0.5, 0.6) is 5.75 Å². The molecule has 0 fully saturated rings. The molecule has 2 heterocycles. The summed E-state index contributed by atoms with van der Waals surface area (Å²) < 4.78 is 5.14. The van der Waals surface area contributed by atoms with E-state index in [1.807, 2.05) is 24.3 Å². The van der Waals surface area contributed by atoms with E-state index in [0.717, 1.165) is 29.2 Å². The summed E-state index contributed by atoms with van der Waals surface area (Å²) in [5.74, 6) is 0.426. The summed E-state index contributed by atoms with van der Waals surface area (Å²) >= 11 is 1.40. The number of hydrazone groups is 1. The Hall–Kier alpha value is -2.41. The predicted octanol–water partition coefficient (Wildman–Crippen LogP) is 4.67. The zero-order chi connectivity index (χ0) is 19.2. The largest absolute Gasteiger partial charge is 0.497 e. The first-order chi connectivity index (χ1) is 13.1. The van der Waals surface area contributed by atoms with E-state index in [1.165, 1.54) is 42.5 Å². The molecule has 2 aliphatic heterocycles. The minimum Gasteiger partial charge on any atom is -0.497 e. The highest BCUT2D eigenvalue weighted by atomic mass is 32.2. The van der Waals surface area contributed by atoms with Crippen molar-refractivity contribution < 1.29 is 9.53 Å². The van der Waals surface area contributed by atoms with Crippen LogP contribution in [0.25, 0.3) is 6.08 Å². The third-order valence-corrected chi connectivity index (χ3v) is 5.39. The first kappa shape index (κ1) is 19.4. The molecule has 0 saturated carbocycles. The van der Waals surface area contributed by atoms with Gasteiger partial charge in [0.25, 0.3) is 5.91 Å². The Morgan fingerprint density at radius 1 is 1.19 bits per heavy atom. The molecule has 0 atom stereocenters. The van der Waals surface area contributed by atoms with Gasteiger partial charge in [-0.3, -0.25) is 10.2 Å². The molecule has 0 radical (unpaired) electrons. The molecule has 1 aromatic carbocycles. The summed E-state index contributed by atoms with van der Waals surface area (Å²) in [4.78, 5) is 16.5. The van der Waals surface area contributed by atoms with Crippen LogP contribution in [0.1, 0.15) is 51.0 Å². The minimum absolute atomic E-state index is 0.0781. The molecule has 1 aromatic rings. The second-order valence-electron chi connectivity index (χ2n) is 6.45. The predicted molar refractivity (Wildman–Crippen MR) is 111 cm³/mol. The van der Waals surface area contributed by atoms with E-state index in [2.05, 4.69) is 17.0 Å². The van der Waals surface area contributed by atoms with Crippen molar-refractivity contribution in [3.8, 4) is 5.75 Å². The van der Waals surface area contributed by atoms with Gasteiger partial charge in [0.15, 0.2) is 5.84 Å². The lowest BCUT2D eigenvalue weighted by atomic mass is 10.1. The summed E-state index contributed by atoms with van der Waals surface area (Å²) in [6, 6.07) is 7.32. The number of aliphatic imine (C=N–C) groups is 1. The van der Waals surface area contributed by atoms with Crippen LogP contribution >= 0.6 is 11.8 Å². The summed E-state index contributed by atoms with van der Waals surface area (Å²) in [6.07, 6.45) is 8.51. The Labute approximate surface area is 163 Å². The van der Waals surface area contributed by atoms with Gasteiger partial charge in [0.1, 0.15) is 10.8 Å². The molecule has 3 rings (SSSR count). The number of benzene rings is 1. The summed E-state index contributed by atoms with van der Waals surface area (Å²) in [5, 5.41) is 15.8. The highest BCUT2D eigenvalue weighted by molar-refractivity contribution is 8.26. The molecular formula is C20H24N4O2S. The minimum atomic E-state index is -0.394. The lowest BCUT2D eigenvalue weighted by Gasteiger charge is -2.20. The molecule has 2 aliphatic rings. The quantitative estimate of drug-likeness (QED) is 0.522. The number of amides is 1. The first-order valence-electron chi connectivity index (χ1n) is 9.25. The van der Waals surface area contributed by atoms with Gasteiger partial charge in [-0.1, -0.05) is 44.7 Å². The average molecular weight is 385 g/mol. The number of unbranched alkanes of at least 4 members (excludes halogenated alkanes) is 4. The molecule has 1 N–H and O–H groups in total. The van der Waals surface area contributed by atoms with Gasteiger partial charge in [0.05, 0.1) is 12.7 Å². The topological polar surface area (TPSA) is 78.1 Å². The molecule has 27 heavy (non-hydrogen) atoms. The number of hydrogen-bond donors (Lipinski definition) is 1. The molecule has 0 aliphatic carbocycles. The number of fused-ring (bicyclic) bond motifs is 1. The third-order valence-electron chi connectivity index (χ3n) is 4.42. The van der Waals surface area contributed by atoms with Gasteiger partial charge in [-0.15, -0.1) is 0 Å². The third kappa shape index (κ3) is 4.66. The van der Waals surface area contributed by atoms with E-state index in [4.69, 9.17) is 10.1 Å². The smallest absolute Gasteiger partial charge is 0.283 e. The summed E-state index contributed by atoms with van der Waals surface area (Å²) in [6.45, 7) is 2.20. The van der Waals surface area contributed by atoms with Gasteiger partial charge in [-0.2, -0.15) is 15.1 Å². The van der Waals surface area contributed by atoms with Crippen LogP contribution in [0.15, 0.2) is 39.9 Å². The number of hydrogen-bond acceptors (Lipinski definition) is 5. The van der Waals surface area contributed by atoms with Gasteiger partial charge in [0.2, 0.25) is 5.17 Å². The number of nitrogens with zero attached hydrogens (tertiary/aromatic N) is 3. The van der Waals surface area contributed by atoms with E-state index < -0.39 is 5.91 Å². The fourth-order valence-electron chi connectivity index (χ4n) is 2.88. The van der Waals surface area contributed by atoms with Crippen molar-refractivity contribution in [3.05, 3.63) is 35.4 Å². The number of methoxy groups -OCH3 is 1. The van der Waals surface area contributed by atoms with Crippen LogP contribution in [-0.2, 0) is 4.79 Å². The van der Waals surface area contributed by atoms with Crippen LogP contribution in [0.4, 0.5) is 0 Å². The second kappa shape index (κ2) is 8.99. The Bertz CT molecular complexity index is 812. The van der Waals surface area contributed by atoms with Crippen molar-refractivity contribution in [3.63, 3.8) is 0 Å². The Balaban J connectivity index is 1.70. The molecule has 142 valence electrons.